The molecule has 5 nitrogen and oxygen atoms in total. The number of hydrogen-bond donors (Lipinski definition) is 2. The zero-order chi connectivity index (χ0) is 10.7. The zero-order valence-corrected chi connectivity index (χ0v) is 7.05. The average molecular weight is 201 g/mol. The number of aliphatic hydroxyl groups is 2. The second-order valence-electron chi connectivity index (χ2n) is 2.67. The highest BCUT2D eigenvalue weighted by Gasteiger charge is 2.17. The zero-order valence-electron chi connectivity index (χ0n) is 7.05. The van der Waals surface area contributed by atoms with E-state index in [-0.39, 0.29) is 5.56 Å². The van der Waals surface area contributed by atoms with Gasteiger partial charge in [0.2, 0.25) is 5.82 Å². The molecular formula is C8H8FNO4. The standard InChI is InChI=1S/C8H8FNO4/c9-6-2-1-5(8(12)4-11)3-7(6)10(13)14/h1-3,8,11-12H,4H2. The van der Waals surface area contributed by atoms with Crippen LogP contribution in [0.2, 0.25) is 0 Å². The summed E-state index contributed by atoms with van der Waals surface area (Å²) in [6.07, 6.45) is -1.23. The Labute approximate surface area is 78.6 Å². The van der Waals surface area contributed by atoms with E-state index in [2.05, 4.69) is 0 Å². The van der Waals surface area contributed by atoms with Gasteiger partial charge < -0.3 is 10.2 Å². The van der Waals surface area contributed by atoms with E-state index in [1.807, 2.05) is 0 Å². The van der Waals surface area contributed by atoms with Gasteiger partial charge in [0.1, 0.15) is 6.10 Å². The Balaban J connectivity index is 3.12. The minimum absolute atomic E-state index is 0.112. The molecule has 0 aromatic heterocycles. The number of hydrogen-bond acceptors (Lipinski definition) is 4. The third-order valence-electron chi connectivity index (χ3n) is 1.72. The largest absolute Gasteiger partial charge is 0.393 e. The molecule has 0 fully saturated rings. The van der Waals surface area contributed by atoms with Crippen molar-refractivity contribution in [3.8, 4) is 0 Å². The van der Waals surface area contributed by atoms with E-state index in [1.165, 1.54) is 6.07 Å². The molecule has 0 spiro atoms. The molecule has 0 saturated carbocycles. The van der Waals surface area contributed by atoms with Crippen molar-refractivity contribution in [3.05, 3.63) is 39.7 Å². The normalized spacial score (nSPS) is 12.5. The van der Waals surface area contributed by atoms with Crippen molar-refractivity contribution in [3.63, 3.8) is 0 Å². The number of halogens is 1. The Hall–Kier alpha value is -1.53. The van der Waals surface area contributed by atoms with Gasteiger partial charge in [-0.3, -0.25) is 10.1 Å². The fourth-order valence-corrected chi connectivity index (χ4v) is 0.982. The average Bonchev–Trinajstić information content (AvgIpc) is 2.17. The van der Waals surface area contributed by atoms with Crippen molar-refractivity contribution in [1.29, 1.82) is 0 Å². The van der Waals surface area contributed by atoms with Crippen molar-refractivity contribution in [2.24, 2.45) is 0 Å². The highest BCUT2D eigenvalue weighted by molar-refractivity contribution is 5.37. The summed E-state index contributed by atoms with van der Waals surface area (Å²) in [5.41, 5.74) is -0.601. The molecule has 14 heavy (non-hydrogen) atoms. The summed E-state index contributed by atoms with van der Waals surface area (Å²) in [5.74, 6) is -0.969. The summed E-state index contributed by atoms with van der Waals surface area (Å²) in [6.45, 7) is -0.567. The number of aliphatic hydroxyl groups excluding tert-OH is 2. The molecular weight excluding hydrogens is 193 g/mol. The van der Waals surface area contributed by atoms with Crippen molar-refractivity contribution >= 4 is 5.69 Å². The van der Waals surface area contributed by atoms with E-state index in [0.29, 0.717) is 0 Å². The number of nitro groups is 1. The molecule has 0 bridgehead atoms. The molecule has 1 rings (SSSR count). The molecule has 6 heteroatoms. The van der Waals surface area contributed by atoms with E-state index in [1.54, 1.807) is 0 Å². The molecule has 0 aliphatic heterocycles. The van der Waals surface area contributed by atoms with Gasteiger partial charge in [-0.1, -0.05) is 6.07 Å². The maximum Gasteiger partial charge on any atom is 0.305 e. The molecule has 0 aliphatic rings. The number of benzene rings is 1. The summed E-state index contributed by atoms with van der Waals surface area (Å²) < 4.78 is 12.8. The lowest BCUT2D eigenvalue weighted by Gasteiger charge is -2.06. The molecule has 0 amide bonds. The molecule has 2 N–H and O–H groups in total. The van der Waals surface area contributed by atoms with E-state index in [4.69, 9.17) is 10.2 Å². The van der Waals surface area contributed by atoms with Crippen molar-refractivity contribution < 1.29 is 19.5 Å². The Morgan fingerprint density at radius 1 is 1.57 bits per heavy atom. The van der Waals surface area contributed by atoms with Crippen LogP contribution in [0.15, 0.2) is 18.2 Å². The molecule has 0 heterocycles. The van der Waals surface area contributed by atoms with Crippen LogP contribution in [0.25, 0.3) is 0 Å². The SMILES string of the molecule is O=[N+]([O-])c1cc(C(O)CO)ccc1F. The maximum atomic E-state index is 12.8. The van der Waals surface area contributed by atoms with Crippen molar-refractivity contribution in [2.75, 3.05) is 6.61 Å². The Bertz CT molecular complexity index is 355. The molecule has 1 atom stereocenters. The van der Waals surface area contributed by atoms with E-state index in [9.17, 15) is 14.5 Å². The Morgan fingerprint density at radius 3 is 2.71 bits per heavy atom. The van der Waals surface area contributed by atoms with Gasteiger partial charge in [-0.05, 0) is 11.6 Å². The lowest BCUT2D eigenvalue weighted by atomic mass is 10.1. The molecule has 1 aromatic carbocycles. The van der Waals surface area contributed by atoms with Crippen LogP contribution in [0, 0.1) is 15.9 Å². The van der Waals surface area contributed by atoms with Crippen LogP contribution in [-0.4, -0.2) is 21.7 Å². The fourth-order valence-electron chi connectivity index (χ4n) is 0.982. The van der Waals surface area contributed by atoms with Gasteiger partial charge in [0, 0.05) is 6.07 Å². The van der Waals surface area contributed by atoms with Crippen molar-refractivity contribution in [2.45, 2.75) is 6.10 Å². The number of nitro benzene ring substituents is 1. The van der Waals surface area contributed by atoms with Gasteiger partial charge in [0.25, 0.3) is 0 Å². The van der Waals surface area contributed by atoms with E-state index in [0.717, 1.165) is 12.1 Å². The molecule has 0 aliphatic carbocycles. The number of nitrogens with zero attached hydrogens (tertiary/aromatic N) is 1. The predicted octanol–water partition coefficient (Wildman–Crippen LogP) is 0.760. The van der Waals surface area contributed by atoms with Gasteiger partial charge in [-0.25, -0.2) is 0 Å². The lowest BCUT2D eigenvalue weighted by molar-refractivity contribution is -0.387. The van der Waals surface area contributed by atoms with Crippen LogP contribution >= 0.6 is 0 Å². The van der Waals surface area contributed by atoms with Crippen LogP contribution in [-0.2, 0) is 0 Å². The summed E-state index contributed by atoms with van der Waals surface area (Å²) in [4.78, 5) is 9.42. The third kappa shape index (κ3) is 2.04. The molecule has 1 aromatic rings. The lowest BCUT2D eigenvalue weighted by Crippen LogP contribution is -2.03. The van der Waals surface area contributed by atoms with Gasteiger partial charge >= 0.3 is 5.69 Å². The van der Waals surface area contributed by atoms with Gasteiger partial charge in [-0.2, -0.15) is 4.39 Å². The predicted molar refractivity (Wildman–Crippen MR) is 45.1 cm³/mol. The summed E-state index contributed by atoms with van der Waals surface area (Å²) in [7, 11) is 0. The fraction of sp³-hybridized carbons (Fsp3) is 0.250. The first-order chi connectivity index (χ1) is 6.56. The van der Waals surface area contributed by atoms with E-state index >= 15 is 0 Å². The smallest absolute Gasteiger partial charge is 0.305 e. The summed E-state index contributed by atoms with van der Waals surface area (Å²) >= 11 is 0. The highest BCUT2D eigenvalue weighted by atomic mass is 19.1. The Morgan fingerprint density at radius 2 is 2.21 bits per heavy atom. The Kier molecular flexibility index (Phi) is 3.10. The van der Waals surface area contributed by atoms with Crippen LogP contribution in [0.5, 0.6) is 0 Å². The topological polar surface area (TPSA) is 83.6 Å². The molecule has 76 valence electrons. The third-order valence-corrected chi connectivity index (χ3v) is 1.72. The second-order valence-corrected chi connectivity index (χ2v) is 2.67. The second kappa shape index (κ2) is 4.12. The minimum Gasteiger partial charge on any atom is -0.393 e. The highest BCUT2D eigenvalue weighted by Crippen LogP contribution is 2.22. The number of rotatable bonds is 3. The maximum absolute atomic E-state index is 12.8. The first-order valence-corrected chi connectivity index (χ1v) is 3.79. The first kappa shape index (κ1) is 10.6. The first-order valence-electron chi connectivity index (χ1n) is 3.79. The van der Waals surface area contributed by atoms with Gasteiger partial charge in [0.15, 0.2) is 0 Å². The van der Waals surface area contributed by atoms with Gasteiger partial charge in [0.05, 0.1) is 11.5 Å². The molecule has 1 unspecified atom stereocenters. The van der Waals surface area contributed by atoms with Crippen LogP contribution in [0.3, 0.4) is 0 Å². The van der Waals surface area contributed by atoms with Crippen LogP contribution in [0.4, 0.5) is 10.1 Å². The van der Waals surface area contributed by atoms with Crippen LogP contribution < -0.4 is 0 Å². The van der Waals surface area contributed by atoms with Crippen molar-refractivity contribution in [1.82, 2.24) is 0 Å². The summed E-state index contributed by atoms with van der Waals surface area (Å²) in [5, 5.41) is 28.0. The summed E-state index contributed by atoms with van der Waals surface area (Å²) in [6, 6.07) is 2.96. The van der Waals surface area contributed by atoms with E-state index < -0.39 is 29.1 Å². The molecule has 0 saturated heterocycles. The molecule has 0 radical (unpaired) electrons. The monoisotopic (exact) mass is 201 g/mol. The minimum atomic E-state index is -1.23. The van der Waals surface area contributed by atoms with Gasteiger partial charge in [-0.15, -0.1) is 0 Å². The quantitative estimate of drug-likeness (QED) is 0.558. The van der Waals surface area contributed by atoms with Crippen LogP contribution in [0.1, 0.15) is 11.7 Å².